The number of furan rings is 1. The van der Waals surface area contributed by atoms with E-state index < -0.39 is 0 Å². The summed E-state index contributed by atoms with van der Waals surface area (Å²) in [5, 5.41) is 0.698. The second-order valence-corrected chi connectivity index (χ2v) is 3.75. The van der Waals surface area contributed by atoms with Crippen LogP contribution in [0.25, 0.3) is 11.5 Å². The van der Waals surface area contributed by atoms with Crippen molar-refractivity contribution < 1.29 is 4.42 Å². The number of nitrogens with zero attached hydrogens (tertiary/aromatic N) is 1. The van der Waals surface area contributed by atoms with Gasteiger partial charge in [0.1, 0.15) is 5.69 Å². The molecular formula is C8H9N3OS. The summed E-state index contributed by atoms with van der Waals surface area (Å²) in [6.45, 7) is 1.98. The van der Waals surface area contributed by atoms with E-state index in [4.69, 9.17) is 10.3 Å². The fourth-order valence-corrected chi connectivity index (χ4v) is 1.83. The molecule has 0 amide bonds. The Morgan fingerprint density at radius 3 is 3.00 bits per heavy atom. The number of aromatic nitrogens is 1. The lowest BCUT2D eigenvalue weighted by atomic mass is 10.3. The average molecular weight is 195 g/mol. The van der Waals surface area contributed by atoms with E-state index in [9.17, 15) is 0 Å². The van der Waals surface area contributed by atoms with Gasteiger partial charge in [-0.15, -0.1) is 11.3 Å². The number of anilines is 1. The topological polar surface area (TPSA) is 64.1 Å². The maximum Gasteiger partial charge on any atom is 0.197 e. The highest BCUT2D eigenvalue weighted by Gasteiger charge is 2.10. The van der Waals surface area contributed by atoms with Crippen LogP contribution < -0.4 is 11.3 Å². The predicted molar refractivity (Wildman–Crippen MR) is 52.4 cm³/mol. The molecule has 0 bridgehead atoms. The van der Waals surface area contributed by atoms with Gasteiger partial charge in [0, 0.05) is 4.88 Å². The average Bonchev–Trinajstić information content (AvgIpc) is 2.72. The molecule has 0 fully saturated rings. The lowest BCUT2D eigenvalue weighted by Crippen LogP contribution is -2.05. The molecule has 0 radical (unpaired) electrons. The zero-order valence-electron chi connectivity index (χ0n) is 7.07. The van der Waals surface area contributed by atoms with Gasteiger partial charge in [-0.2, -0.15) is 0 Å². The molecule has 2 aromatic rings. The van der Waals surface area contributed by atoms with Crippen molar-refractivity contribution >= 4 is 16.5 Å². The van der Waals surface area contributed by atoms with E-state index in [2.05, 4.69) is 10.4 Å². The molecule has 5 heteroatoms. The van der Waals surface area contributed by atoms with Crippen LogP contribution in [0.2, 0.25) is 0 Å². The fraction of sp³-hybridized carbons (Fsp3) is 0.125. The Hall–Kier alpha value is -1.33. The van der Waals surface area contributed by atoms with Crippen molar-refractivity contribution in [3.05, 3.63) is 23.3 Å². The Balaban J connectivity index is 2.46. The van der Waals surface area contributed by atoms with Crippen LogP contribution in [-0.4, -0.2) is 4.98 Å². The number of aryl methyl sites for hydroxylation is 1. The standard InChI is InChI=1S/C8H9N3OS/c1-5-7(6-3-2-4-12-6)10-8(11-9)13-5/h2-4H,9H2,1H3,(H,10,11). The minimum atomic E-state index is 0.698. The summed E-state index contributed by atoms with van der Waals surface area (Å²) in [4.78, 5) is 5.35. The lowest BCUT2D eigenvalue weighted by molar-refractivity contribution is 0.580. The molecule has 2 rings (SSSR count). The Labute approximate surface area is 79.4 Å². The minimum Gasteiger partial charge on any atom is -0.463 e. The zero-order chi connectivity index (χ0) is 9.26. The molecule has 0 aliphatic heterocycles. The number of nitrogen functional groups attached to an aromatic ring is 1. The van der Waals surface area contributed by atoms with Gasteiger partial charge in [0.2, 0.25) is 0 Å². The van der Waals surface area contributed by atoms with Crippen molar-refractivity contribution in [3.63, 3.8) is 0 Å². The third-order valence-electron chi connectivity index (χ3n) is 1.67. The molecule has 0 atom stereocenters. The third kappa shape index (κ3) is 1.43. The van der Waals surface area contributed by atoms with Crippen molar-refractivity contribution in [1.29, 1.82) is 0 Å². The van der Waals surface area contributed by atoms with Gasteiger partial charge in [-0.3, -0.25) is 5.43 Å². The summed E-state index contributed by atoms with van der Waals surface area (Å²) in [6, 6.07) is 3.71. The molecule has 2 heterocycles. The first-order valence-electron chi connectivity index (χ1n) is 3.79. The maximum atomic E-state index is 5.25. The number of rotatable bonds is 2. The van der Waals surface area contributed by atoms with Crippen LogP contribution in [0.15, 0.2) is 22.8 Å². The van der Waals surface area contributed by atoms with Gasteiger partial charge in [-0.25, -0.2) is 10.8 Å². The van der Waals surface area contributed by atoms with Crippen molar-refractivity contribution in [1.82, 2.24) is 4.98 Å². The van der Waals surface area contributed by atoms with Crippen molar-refractivity contribution in [2.75, 3.05) is 5.43 Å². The van der Waals surface area contributed by atoms with E-state index >= 15 is 0 Å². The van der Waals surface area contributed by atoms with Crippen LogP contribution in [-0.2, 0) is 0 Å². The second-order valence-electron chi connectivity index (χ2n) is 2.55. The molecule has 4 nitrogen and oxygen atoms in total. The molecule has 0 aliphatic rings. The van der Waals surface area contributed by atoms with Crippen LogP contribution in [0.1, 0.15) is 4.88 Å². The molecule has 68 valence electrons. The Morgan fingerprint density at radius 2 is 2.46 bits per heavy atom. The molecule has 0 saturated carbocycles. The van der Waals surface area contributed by atoms with Crippen molar-refractivity contribution in [2.45, 2.75) is 6.92 Å². The molecule has 0 unspecified atom stereocenters. The summed E-state index contributed by atoms with van der Waals surface area (Å²) in [7, 11) is 0. The van der Waals surface area contributed by atoms with Crippen LogP contribution >= 0.6 is 11.3 Å². The van der Waals surface area contributed by atoms with Gasteiger partial charge >= 0.3 is 0 Å². The quantitative estimate of drug-likeness (QED) is 0.568. The van der Waals surface area contributed by atoms with E-state index in [0.29, 0.717) is 5.13 Å². The maximum absolute atomic E-state index is 5.25. The van der Waals surface area contributed by atoms with Gasteiger partial charge in [-0.05, 0) is 19.1 Å². The SMILES string of the molecule is Cc1sc(NN)nc1-c1ccco1. The van der Waals surface area contributed by atoms with Crippen LogP contribution in [0.5, 0.6) is 0 Å². The molecule has 0 saturated heterocycles. The highest BCUT2D eigenvalue weighted by molar-refractivity contribution is 7.15. The molecule has 2 aromatic heterocycles. The number of nitrogens with one attached hydrogen (secondary N) is 1. The number of hydrogen-bond donors (Lipinski definition) is 2. The van der Waals surface area contributed by atoms with Crippen molar-refractivity contribution in [3.8, 4) is 11.5 Å². The largest absolute Gasteiger partial charge is 0.463 e. The molecule has 0 aliphatic carbocycles. The van der Waals surface area contributed by atoms with E-state index in [-0.39, 0.29) is 0 Å². The third-order valence-corrected chi connectivity index (χ3v) is 2.58. The van der Waals surface area contributed by atoms with Crippen LogP contribution in [0.4, 0.5) is 5.13 Å². The zero-order valence-corrected chi connectivity index (χ0v) is 7.89. The monoisotopic (exact) mass is 195 g/mol. The fourth-order valence-electron chi connectivity index (χ4n) is 1.10. The van der Waals surface area contributed by atoms with Crippen LogP contribution in [0.3, 0.4) is 0 Å². The van der Waals surface area contributed by atoms with Gasteiger partial charge in [0.05, 0.1) is 6.26 Å². The molecular weight excluding hydrogens is 186 g/mol. The summed E-state index contributed by atoms with van der Waals surface area (Å²) < 4.78 is 5.23. The summed E-state index contributed by atoms with van der Waals surface area (Å²) in [6.07, 6.45) is 1.63. The Kier molecular flexibility index (Phi) is 2.03. The summed E-state index contributed by atoms with van der Waals surface area (Å²) >= 11 is 1.51. The highest BCUT2D eigenvalue weighted by Crippen LogP contribution is 2.29. The molecule has 0 spiro atoms. The second kappa shape index (κ2) is 3.20. The first-order valence-corrected chi connectivity index (χ1v) is 4.61. The van der Waals surface area contributed by atoms with Gasteiger partial charge in [-0.1, -0.05) is 0 Å². The van der Waals surface area contributed by atoms with E-state index in [0.717, 1.165) is 16.3 Å². The van der Waals surface area contributed by atoms with E-state index in [1.54, 1.807) is 6.26 Å². The molecule has 0 aromatic carbocycles. The van der Waals surface area contributed by atoms with Gasteiger partial charge in [0.25, 0.3) is 0 Å². The summed E-state index contributed by atoms with van der Waals surface area (Å²) in [5.74, 6) is 6.03. The highest BCUT2D eigenvalue weighted by atomic mass is 32.1. The Morgan fingerprint density at radius 1 is 1.62 bits per heavy atom. The first-order chi connectivity index (χ1) is 6.31. The smallest absolute Gasteiger partial charge is 0.197 e. The number of hydrazine groups is 1. The number of thiazole rings is 1. The summed E-state index contributed by atoms with van der Waals surface area (Å²) in [5.41, 5.74) is 3.37. The minimum absolute atomic E-state index is 0.698. The van der Waals surface area contributed by atoms with Gasteiger partial charge in [0.15, 0.2) is 10.9 Å². The first kappa shape index (κ1) is 8.28. The van der Waals surface area contributed by atoms with Crippen LogP contribution in [0, 0.1) is 6.92 Å². The molecule has 3 N–H and O–H groups in total. The number of hydrogen-bond acceptors (Lipinski definition) is 5. The number of nitrogens with two attached hydrogens (primary N) is 1. The van der Waals surface area contributed by atoms with Gasteiger partial charge < -0.3 is 4.42 Å². The van der Waals surface area contributed by atoms with E-state index in [1.807, 2.05) is 19.1 Å². The Bertz CT molecular complexity index is 393. The van der Waals surface area contributed by atoms with E-state index in [1.165, 1.54) is 11.3 Å². The predicted octanol–water partition coefficient (Wildman–Crippen LogP) is 2.00. The molecule has 13 heavy (non-hydrogen) atoms. The normalized spacial score (nSPS) is 10.3. The van der Waals surface area contributed by atoms with Crippen molar-refractivity contribution in [2.24, 2.45) is 5.84 Å². The lowest BCUT2D eigenvalue weighted by Gasteiger charge is -1.90.